The maximum Gasteiger partial charge on any atom is 0.233 e. The van der Waals surface area contributed by atoms with E-state index in [9.17, 15) is 9.59 Å². The summed E-state index contributed by atoms with van der Waals surface area (Å²) >= 11 is 0. The standard InChI is InChI=1S/C13H13N3O2/c14-8-9-1-3-10(4-2-9)15-12(17)7-13(18)16-11-5-6-11/h1-4,11H,5-7H2,(H,15,17)(H,16,18). The summed E-state index contributed by atoms with van der Waals surface area (Å²) in [6.45, 7) is 0. The molecule has 2 amide bonds. The Balaban J connectivity index is 1.82. The van der Waals surface area contributed by atoms with Crippen molar-refractivity contribution in [3.63, 3.8) is 0 Å². The van der Waals surface area contributed by atoms with Crippen molar-refractivity contribution in [1.29, 1.82) is 5.26 Å². The molecule has 18 heavy (non-hydrogen) atoms. The number of nitrogens with zero attached hydrogens (tertiary/aromatic N) is 1. The number of nitriles is 1. The highest BCUT2D eigenvalue weighted by Crippen LogP contribution is 2.18. The lowest BCUT2D eigenvalue weighted by Gasteiger charge is -2.05. The molecule has 1 aliphatic rings. The molecule has 0 radical (unpaired) electrons. The van der Waals surface area contributed by atoms with E-state index >= 15 is 0 Å². The van der Waals surface area contributed by atoms with E-state index in [1.54, 1.807) is 24.3 Å². The molecule has 1 aromatic rings. The second-order valence-electron chi connectivity index (χ2n) is 4.26. The topological polar surface area (TPSA) is 82.0 Å². The first-order valence-corrected chi connectivity index (χ1v) is 5.77. The quantitative estimate of drug-likeness (QED) is 0.779. The molecule has 0 spiro atoms. The largest absolute Gasteiger partial charge is 0.353 e. The van der Waals surface area contributed by atoms with E-state index < -0.39 is 0 Å². The zero-order valence-electron chi connectivity index (χ0n) is 9.77. The molecule has 2 rings (SSSR count). The van der Waals surface area contributed by atoms with Crippen molar-refractivity contribution in [3.05, 3.63) is 29.8 Å². The average Bonchev–Trinajstić information content (AvgIpc) is 3.13. The van der Waals surface area contributed by atoms with E-state index in [-0.39, 0.29) is 24.3 Å². The molecule has 1 aromatic carbocycles. The lowest BCUT2D eigenvalue weighted by Crippen LogP contribution is -2.29. The summed E-state index contributed by atoms with van der Waals surface area (Å²) in [5, 5.41) is 14.0. The lowest BCUT2D eigenvalue weighted by atomic mass is 10.2. The van der Waals surface area contributed by atoms with Gasteiger partial charge in [0.15, 0.2) is 0 Å². The molecule has 5 nitrogen and oxygen atoms in total. The van der Waals surface area contributed by atoms with Gasteiger partial charge >= 0.3 is 0 Å². The summed E-state index contributed by atoms with van der Waals surface area (Å²) in [6, 6.07) is 8.75. The van der Waals surface area contributed by atoms with Gasteiger partial charge in [-0.05, 0) is 37.1 Å². The predicted molar refractivity (Wildman–Crippen MR) is 65.6 cm³/mol. The molecule has 0 unspecified atom stereocenters. The number of amides is 2. The molecule has 0 heterocycles. The summed E-state index contributed by atoms with van der Waals surface area (Å²) in [5.41, 5.74) is 1.11. The minimum absolute atomic E-state index is 0.170. The Labute approximate surface area is 105 Å². The van der Waals surface area contributed by atoms with Crippen LogP contribution >= 0.6 is 0 Å². The fraction of sp³-hybridized carbons (Fsp3) is 0.308. The molecule has 0 aromatic heterocycles. The van der Waals surface area contributed by atoms with Crippen molar-refractivity contribution in [2.75, 3.05) is 5.32 Å². The number of hydrogen-bond acceptors (Lipinski definition) is 3. The Morgan fingerprint density at radius 2 is 1.89 bits per heavy atom. The third-order valence-corrected chi connectivity index (χ3v) is 2.56. The van der Waals surface area contributed by atoms with E-state index in [0.29, 0.717) is 11.3 Å². The van der Waals surface area contributed by atoms with Crippen LogP contribution in [-0.2, 0) is 9.59 Å². The van der Waals surface area contributed by atoms with Gasteiger partial charge in [-0.15, -0.1) is 0 Å². The Morgan fingerprint density at radius 1 is 1.22 bits per heavy atom. The molecule has 0 atom stereocenters. The molecule has 1 saturated carbocycles. The minimum atomic E-state index is -0.349. The van der Waals surface area contributed by atoms with Crippen molar-refractivity contribution in [2.45, 2.75) is 25.3 Å². The first-order valence-electron chi connectivity index (χ1n) is 5.77. The van der Waals surface area contributed by atoms with Crippen LogP contribution < -0.4 is 10.6 Å². The van der Waals surface area contributed by atoms with Gasteiger partial charge in [0, 0.05) is 11.7 Å². The lowest BCUT2D eigenvalue weighted by molar-refractivity contribution is -0.126. The summed E-state index contributed by atoms with van der Waals surface area (Å²) in [5.74, 6) is -0.596. The highest BCUT2D eigenvalue weighted by molar-refractivity contribution is 6.03. The molecule has 92 valence electrons. The van der Waals surface area contributed by atoms with Crippen LogP contribution in [0.2, 0.25) is 0 Å². The number of nitrogens with one attached hydrogen (secondary N) is 2. The van der Waals surface area contributed by atoms with Gasteiger partial charge in [0.2, 0.25) is 11.8 Å². The summed E-state index contributed by atoms with van der Waals surface area (Å²) in [4.78, 5) is 22.9. The van der Waals surface area contributed by atoms with Gasteiger partial charge in [-0.2, -0.15) is 5.26 Å². The predicted octanol–water partition coefficient (Wildman–Crippen LogP) is 1.17. The molecule has 0 aliphatic heterocycles. The van der Waals surface area contributed by atoms with Crippen LogP contribution in [0.4, 0.5) is 5.69 Å². The molecule has 0 saturated heterocycles. The van der Waals surface area contributed by atoms with E-state index in [0.717, 1.165) is 12.8 Å². The van der Waals surface area contributed by atoms with Gasteiger partial charge in [0.1, 0.15) is 6.42 Å². The number of carbonyl (C=O) groups excluding carboxylic acids is 2. The molecule has 1 fully saturated rings. The molecule has 2 N–H and O–H groups in total. The third-order valence-electron chi connectivity index (χ3n) is 2.56. The fourth-order valence-electron chi connectivity index (χ4n) is 1.49. The second-order valence-corrected chi connectivity index (χ2v) is 4.26. The van der Waals surface area contributed by atoms with E-state index in [4.69, 9.17) is 5.26 Å². The first-order chi connectivity index (χ1) is 8.67. The molecule has 5 heteroatoms. The first kappa shape index (κ1) is 12.1. The Hall–Kier alpha value is -2.35. The monoisotopic (exact) mass is 243 g/mol. The summed E-state index contributed by atoms with van der Waals surface area (Å²) < 4.78 is 0. The molecule has 1 aliphatic carbocycles. The van der Waals surface area contributed by atoms with Crippen molar-refractivity contribution < 1.29 is 9.59 Å². The Kier molecular flexibility index (Phi) is 3.58. The van der Waals surface area contributed by atoms with Gasteiger partial charge in [-0.25, -0.2) is 0 Å². The van der Waals surface area contributed by atoms with Crippen molar-refractivity contribution in [1.82, 2.24) is 5.32 Å². The van der Waals surface area contributed by atoms with Gasteiger partial charge in [0.05, 0.1) is 11.6 Å². The van der Waals surface area contributed by atoms with Crippen LogP contribution in [0.3, 0.4) is 0 Å². The fourth-order valence-corrected chi connectivity index (χ4v) is 1.49. The van der Waals surface area contributed by atoms with Crippen LogP contribution in [0.1, 0.15) is 24.8 Å². The number of hydrogen-bond donors (Lipinski definition) is 2. The molecular formula is C13H13N3O2. The Morgan fingerprint density at radius 3 is 2.44 bits per heavy atom. The highest BCUT2D eigenvalue weighted by Gasteiger charge is 2.24. The van der Waals surface area contributed by atoms with E-state index in [1.165, 1.54) is 0 Å². The van der Waals surface area contributed by atoms with Gasteiger partial charge in [-0.1, -0.05) is 0 Å². The number of rotatable bonds is 4. The van der Waals surface area contributed by atoms with Crippen LogP contribution in [0.25, 0.3) is 0 Å². The number of benzene rings is 1. The summed E-state index contributed by atoms with van der Waals surface area (Å²) in [6.07, 6.45) is 1.84. The average molecular weight is 243 g/mol. The van der Waals surface area contributed by atoms with Crippen LogP contribution in [0.5, 0.6) is 0 Å². The van der Waals surface area contributed by atoms with E-state index in [1.807, 2.05) is 6.07 Å². The maximum atomic E-state index is 11.5. The maximum absolute atomic E-state index is 11.5. The van der Waals surface area contributed by atoms with Gasteiger partial charge in [0.25, 0.3) is 0 Å². The highest BCUT2D eigenvalue weighted by atomic mass is 16.2. The Bertz CT molecular complexity index is 498. The zero-order chi connectivity index (χ0) is 13.0. The van der Waals surface area contributed by atoms with E-state index in [2.05, 4.69) is 10.6 Å². The SMILES string of the molecule is N#Cc1ccc(NC(=O)CC(=O)NC2CC2)cc1. The third kappa shape index (κ3) is 3.59. The van der Waals surface area contributed by atoms with Crippen molar-refractivity contribution in [2.24, 2.45) is 0 Å². The summed E-state index contributed by atoms with van der Waals surface area (Å²) in [7, 11) is 0. The minimum Gasteiger partial charge on any atom is -0.353 e. The van der Waals surface area contributed by atoms with Crippen LogP contribution in [0, 0.1) is 11.3 Å². The smallest absolute Gasteiger partial charge is 0.233 e. The van der Waals surface area contributed by atoms with Crippen LogP contribution in [-0.4, -0.2) is 17.9 Å². The normalized spacial score (nSPS) is 13.5. The number of carbonyl (C=O) groups is 2. The molecular weight excluding hydrogens is 230 g/mol. The molecule has 0 bridgehead atoms. The van der Waals surface area contributed by atoms with Crippen molar-refractivity contribution >= 4 is 17.5 Å². The van der Waals surface area contributed by atoms with Crippen molar-refractivity contribution in [3.8, 4) is 6.07 Å². The van der Waals surface area contributed by atoms with Gasteiger partial charge in [-0.3, -0.25) is 9.59 Å². The van der Waals surface area contributed by atoms with Gasteiger partial charge < -0.3 is 10.6 Å². The number of anilines is 1. The zero-order valence-corrected chi connectivity index (χ0v) is 9.77. The second kappa shape index (κ2) is 5.32. The van der Waals surface area contributed by atoms with Crippen LogP contribution in [0.15, 0.2) is 24.3 Å².